The van der Waals surface area contributed by atoms with Crippen molar-refractivity contribution in [3.63, 3.8) is 0 Å². The molecule has 12 heteroatoms. The summed E-state index contributed by atoms with van der Waals surface area (Å²) in [6, 6.07) is 7.63. The number of alkyl halides is 3. The quantitative estimate of drug-likeness (QED) is 0.583. The zero-order chi connectivity index (χ0) is 24.5. The molecule has 1 aromatic carbocycles. The minimum atomic E-state index is -5.25. The Labute approximate surface area is 190 Å². The van der Waals surface area contributed by atoms with Crippen LogP contribution in [0.2, 0.25) is 0 Å². The summed E-state index contributed by atoms with van der Waals surface area (Å²) in [6.07, 6.45) is -2.23. The maximum atomic E-state index is 13.0. The normalized spacial score (nSPS) is 23.6. The minimum absolute atomic E-state index is 0.0744. The molecule has 4 heterocycles. The number of fused-ring (bicyclic) bond motifs is 2. The summed E-state index contributed by atoms with van der Waals surface area (Å²) >= 11 is 0. The van der Waals surface area contributed by atoms with Gasteiger partial charge in [-0.15, -0.1) is 0 Å². The summed E-state index contributed by atoms with van der Waals surface area (Å²) in [7, 11) is 1.61. The van der Waals surface area contributed by atoms with Gasteiger partial charge >= 0.3 is 12.1 Å². The number of nitrogens with one attached hydrogen (secondary N) is 1. The second-order valence-corrected chi connectivity index (χ2v) is 8.97. The van der Waals surface area contributed by atoms with E-state index in [4.69, 9.17) is 9.84 Å². The van der Waals surface area contributed by atoms with E-state index in [0.29, 0.717) is 41.6 Å². The molecule has 0 spiro atoms. The summed E-state index contributed by atoms with van der Waals surface area (Å²) in [4.78, 5) is 40.2. The van der Waals surface area contributed by atoms with Gasteiger partial charge in [0.25, 0.3) is 11.5 Å². The number of carbonyl (C=O) groups is 2. The molecule has 1 amide bonds. The Bertz CT molecular complexity index is 1400. The molecule has 2 saturated heterocycles. The highest BCUT2D eigenvalue weighted by Crippen LogP contribution is 2.57. The van der Waals surface area contributed by atoms with E-state index in [0.717, 1.165) is 0 Å². The first-order valence-corrected chi connectivity index (χ1v) is 10.3. The molecule has 178 valence electrons. The molecule has 9 nitrogen and oxygen atoms in total. The molecule has 1 N–H and O–H groups in total. The average Bonchev–Trinajstić information content (AvgIpc) is 3.41. The fraction of sp³-hybridized carbons (Fsp3) is 0.364. The third-order valence-electron chi connectivity index (χ3n) is 6.32. The topological polar surface area (TPSA) is 104 Å². The van der Waals surface area contributed by atoms with E-state index in [1.54, 1.807) is 30.1 Å². The lowest BCUT2D eigenvalue weighted by Gasteiger charge is -2.43. The van der Waals surface area contributed by atoms with E-state index in [2.05, 4.69) is 4.84 Å². The van der Waals surface area contributed by atoms with Gasteiger partial charge in [-0.2, -0.15) is 23.8 Å². The number of benzene rings is 1. The maximum absolute atomic E-state index is 13.0. The van der Waals surface area contributed by atoms with Gasteiger partial charge in [0.2, 0.25) is 0 Å². The largest absolute Gasteiger partial charge is 0.493 e. The van der Waals surface area contributed by atoms with E-state index in [1.165, 1.54) is 28.2 Å². The van der Waals surface area contributed by atoms with Gasteiger partial charge < -0.3 is 14.1 Å². The lowest BCUT2D eigenvalue weighted by molar-refractivity contribution is -0.204. The van der Waals surface area contributed by atoms with Crippen LogP contribution in [-0.2, 0) is 27.0 Å². The Hall–Kier alpha value is -3.67. The Balaban J connectivity index is 1.60. The molecular weight excluding hydrogens is 457 g/mol. The van der Waals surface area contributed by atoms with Gasteiger partial charge in [0, 0.05) is 37.0 Å². The highest BCUT2D eigenvalue weighted by atomic mass is 19.4. The van der Waals surface area contributed by atoms with Crippen molar-refractivity contribution < 1.29 is 32.3 Å². The third-order valence-corrected chi connectivity index (χ3v) is 6.32. The molecule has 1 aliphatic carbocycles. The van der Waals surface area contributed by atoms with E-state index in [-0.39, 0.29) is 16.7 Å². The zero-order valence-electron chi connectivity index (χ0n) is 18.1. The number of halogens is 3. The molecule has 34 heavy (non-hydrogen) atoms. The number of nitrogens with zero attached hydrogens (tertiary/aromatic N) is 3. The Kier molecular flexibility index (Phi) is 4.66. The van der Waals surface area contributed by atoms with Crippen LogP contribution < -0.4 is 11.0 Å². The molecule has 0 unspecified atom stereocenters. The predicted molar refractivity (Wildman–Crippen MR) is 112 cm³/mol. The van der Waals surface area contributed by atoms with Gasteiger partial charge in [0.15, 0.2) is 0 Å². The molecular formula is C22H19F3N4O5. The number of rotatable bonds is 3. The summed E-state index contributed by atoms with van der Waals surface area (Å²) in [6.45, 7) is 2.42. The van der Waals surface area contributed by atoms with Crippen LogP contribution in [0.5, 0.6) is 0 Å². The first-order chi connectivity index (χ1) is 15.9. The van der Waals surface area contributed by atoms with Crippen molar-refractivity contribution in [3.05, 3.63) is 52.4 Å². The van der Waals surface area contributed by atoms with Crippen molar-refractivity contribution in [2.24, 2.45) is 7.05 Å². The van der Waals surface area contributed by atoms with Gasteiger partial charge in [0.1, 0.15) is 0 Å². The average molecular weight is 476 g/mol. The molecule has 0 radical (unpaired) electrons. The number of hydrogen-bond donors (Lipinski definition) is 1. The van der Waals surface area contributed by atoms with E-state index in [1.807, 2.05) is 6.92 Å². The molecule has 0 atom stereocenters. The van der Waals surface area contributed by atoms with Crippen molar-refractivity contribution in [1.82, 2.24) is 19.8 Å². The van der Waals surface area contributed by atoms with Crippen molar-refractivity contribution in [1.29, 1.82) is 0 Å². The number of ether oxygens (including phenoxy) is 1. The van der Waals surface area contributed by atoms with Gasteiger partial charge in [-0.1, -0.05) is 0 Å². The van der Waals surface area contributed by atoms with E-state index >= 15 is 0 Å². The molecule has 1 saturated carbocycles. The third kappa shape index (κ3) is 3.36. The second-order valence-electron chi connectivity index (χ2n) is 8.97. The molecule has 3 aromatic rings. The molecule has 2 aromatic heterocycles. The number of hydrogen-bond acceptors (Lipinski definition) is 6. The van der Waals surface area contributed by atoms with Crippen molar-refractivity contribution in [3.8, 4) is 11.3 Å². The number of pyridine rings is 1. The molecule has 6 rings (SSSR count). The number of amides is 1. The fourth-order valence-electron chi connectivity index (χ4n) is 4.88. The standard InChI is InChI=1S/C22H19F3N4O5/c1-20-9-21(10-20,11-33-20)29-16(13-4-3-7-28(2)18(13)31)14-8-12(5-6-15(14)26-29)17(30)27-34-19(32)22(23,24)25/h3-8H,9-11H2,1-2H3,(H,27,30). The van der Waals surface area contributed by atoms with Gasteiger partial charge in [0.05, 0.1) is 34.5 Å². The molecule has 3 fully saturated rings. The summed E-state index contributed by atoms with van der Waals surface area (Å²) in [5, 5.41) is 5.16. The SMILES string of the molecule is Cn1cccc(-c2c3cc(C(=O)NOC(=O)C(F)(F)F)ccc3nn2C23COC(C)(C2)C3)c1=O. The number of carbonyl (C=O) groups excluding carboxylic acids is 2. The monoisotopic (exact) mass is 476 g/mol. The maximum Gasteiger partial charge on any atom is 0.493 e. The lowest BCUT2D eigenvalue weighted by atomic mass is 9.69. The Morgan fingerprint density at radius 2 is 1.97 bits per heavy atom. The van der Waals surface area contributed by atoms with Crippen LogP contribution in [0.15, 0.2) is 41.3 Å². The van der Waals surface area contributed by atoms with Crippen LogP contribution in [0.25, 0.3) is 22.2 Å². The van der Waals surface area contributed by atoms with Crippen LogP contribution in [0.1, 0.15) is 30.1 Å². The van der Waals surface area contributed by atoms with Crippen molar-refractivity contribution in [2.75, 3.05) is 6.61 Å². The van der Waals surface area contributed by atoms with Gasteiger partial charge in [-0.05, 0) is 37.3 Å². The highest BCUT2D eigenvalue weighted by Gasteiger charge is 2.62. The zero-order valence-corrected chi connectivity index (χ0v) is 18.1. The van der Waals surface area contributed by atoms with Gasteiger partial charge in [-0.3, -0.25) is 14.3 Å². The summed E-state index contributed by atoms with van der Waals surface area (Å²) in [5.41, 5.74) is 1.76. The van der Waals surface area contributed by atoms with E-state index < -0.39 is 23.6 Å². The number of aromatic nitrogens is 3. The first kappa shape index (κ1) is 22.1. The molecule has 2 bridgehead atoms. The van der Waals surface area contributed by atoms with Crippen LogP contribution in [0, 0.1) is 0 Å². The van der Waals surface area contributed by atoms with Crippen LogP contribution >= 0.6 is 0 Å². The van der Waals surface area contributed by atoms with Crippen molar-refractivity contribution >= 4 is 22.8 Å². The van der Waals surface area contributed by atoms with E-state index in [9.17, 15) is 27.6 Å². The first-order valence-electron chi connectivity index (χ1n) is 10.3. The Morgan fingerprint density at radius 3 is 2.62 bits per heavy atom. The summed E-state index contributed by atoms with van der Waals surface area (Å²) < 4.78 is 46.2. The fourth-order valence-corrected chi connectivity index (χ4v) is 4.88. The lowest BCUT2D eigenvalue weighted by Crippen LogP contribution is -2.49. The number of aryl methyl sites for hydroxylation is 1. The smallest absolute Gasteiger partial charge is 0.373 e. The summed E-state index contributed by atoms with van der Waals surface area (Å²) in [5.74, 6) is -3.60. The Morgan fingerprint density at radius 1 is 1.24 bits per heavy atom. The highest BCUT2D eigenvalue weighted by molar-refractivity contribution is 6.01. The van der Waals surface area contributed by atoms with Crippen LogP contribution in [0.3, 0.4) is 0 Å². The van der Waals surface area contributed by atoms with Crippen LogP contribution in [0.4, 0.5) is 13.2 Å². The predicted octanol–water partition coefficient (Wildman–Crippen LogP) is 2.43. The number of hydroxylamine groups is 1. The van der Waals surface area contributed by atoms with Crippen molar-refractivity contribution in [2.45, 2.75) is 37.1 Å². The minimum Gasteiger partial charge on any atom is -0.373 e. The van der Waals surface area contributed by atoms with Gasteiger partial charge in [-0.25, -0.2) is 4.79 Å². The molecule has 2 aliphatic heterocycles. The van der Waals surface area contributed by atoms with Crippen LogP contribution in [-0.4, -0.2) is 44.6 Å². The second kappa shape index (κ2) is 7.16. The molecule has 3 aliphatic rings.